The van der Waals surface area contributed by atoms with Crippen molar-refractivity contribution in [1.82, 2.24) is 14.7 Å². The summed E-state index contributed by atoms with van der Waals surface area (Å²) in [5, 5.41) is 13.2. The molecule has 0 radical (unpaired) electrons. The average molecular weight is 273 g/mol. The molecular weight excluding hydrogens is 254 g/mol. The summed E-state index contributed by atoms with van der Waals surface area (Å²) >= 11 is 0. The van der Waals surface area contributed by atoms with E-state index in [9.17, 15) is 4.79 Å². The summed E-state index contributed by atoms with van der Waals surface area (Å²) in [4.78, 5) is 13.7. The molecule has 0 saturated carbocycles. The van der Waals surface area contributed by atoms with E-state index in [1.54, 1.807) is 18.1 Å². The van der Waals surface area contributed by atoms with Gasteiger partial charge in [0.25, 0.3) is 5.91 Å². The normalized spacial score (nSPS) is 12.2. The first-order valence-corrected chi connectivity index (χ1v) is 6.56. The smallest absolute Gasteiger partial charge is 0.253 e. The Morgan fingerprint density at radius 3 is 2.65 bits per heavy atom. The van der Waals surface area contributed by atoms with E-state index in [4.69, 9.17) is 5.11 Å². The van der Waals surface area contributed by atoms with Gasteiger partial charge in [0.05, 0.1) is 19.2 Å². The fourth-order valence-corrected chi connectivity index (χ4v) is 1.86. The van der Waals surface area contributed by atoms with Crippen molar-refractivity contribution in [1.29, 1.82) is 0 Å². The van der Waals surface area contributed by atoms with Gasteiger partial charge in [-0.2, -0.15) is 5.10 Å². The lowest BCUT2D eigenvalue weighted by atomic mass is 10.1. The van der Waals surface area contributed by atoms with Gasteiger partial charge in [0.1, 0.15) is 0 Å². The Hall–Kier alpha value is -2.14. The first-order valence-electron chi connectivity index (χ1n) is 6.56. The van der Waals surface area contributed by atoms with Crippen LogP contribution in [0.5, 0.6) is 0 Å². The van der Waals surface area contributed by atoms with Crippen molar-refractivity contribution >= 4 is 5.91 Å². The molecule has 5 nitrogen and oxygen atoms in total. The minimum absolute atomic E-state index is 0.0420. The number of hydrogen-bond acceptors (Lipinski definition) is 3. The molecule has 0 fully saturated rings. The summed E-state index contributed by atoms with van der Waals surface area (Å²) in [6.07, 6.45) is 3.64. The summed E-state index contributed by atoms with van der Waals surface area (Å²) in [5.41, 5.74) is 1.71. The highest BCUT2D eigenvalue weighted by atomic mass is 16.3. The van der Waals surface area contributed by atoms with Crippen molar-refractivity contribution < 1.29 is 9.90 Å². The van der Waals surface area contributed by atoms with Crippen LogP contribution in [0, 0.1) is 0 Å². The Labute approximate surface area is 118 Å². The molecule has 1 atom stereocenters. The number of carbonyl (C=O) groups excluding carboxylic acids is 1. The third-order valence-electron chi connectivity index (χ3n) is 3.35. The van der Waals surface area contributed by atoms with Gasteiger partial charge in [-0.15, -0.1) is 0 Å². The lowest BCUT2D eigenvalue weighted by Gasteiger charge is -2.23. The Morgan fingerprint density at radius 2 is 2.10 bits per heavy atom. The maximum atomic E-state index is 12.2. The molecule has 1 N–H and O–H groups in total. The van der Waals surface area contributed by atoms with Gasteiger partial charge < -0.3 is 10.0 Å². The van der Waals surface area contributed by atoms with Crippen molar-refractivity contribution in [3.63, 3.8) is 0 Å². The number of carbonyl (C=O) groups is 1. The predicted molar refractivity (Wildman–Crippen MR) is 76.4 cm³/mol. The van der Waals surface area contributed by atoms with Gasteiger partial charge in [0, 0.05) is 25.0 Å². The molecule has 1 aromatic heterocycles. The maximum absolute atomic E-state index is 12.2. The summed E-state index contributed by atoms with van der Waals surface area (Å²) in [7, 11) is 1.70. The molecule has 1 unspecified atom stereocenters. The summed E-state index contributed by atoms with van der Waals surface area (Å²) in [6, 6.07) is 9.15. The second kappa shape index (κ2) is 6.34. The van der Waals surface area contributed by atoms with Crippen LogP contribution in [-0.2, 0) is 6.54 Å². The molecule has 20 heavy (non-hydrogen) atoms. The Kier molecular flexibility index (Phi) is 4.53. The zero-order valence-corrected chi connectivity index (χ0v) is 11.7. The molecule has 0 aliphatic rings. The quantitative estimate of drug-likeness (QED) is 0.895. The molecule has 0 spiro atoms. The van der Waals surface area contributed by atoms with Crippen LogP contribution >= 0.6 is 0 Å². The minimum atomic E-state index is -0.189. The summed E-state index contributed by atoms with van der Waals surface area (Å²) in [5.74, 6) is -0.0859. The summed E-state index contributed by atoms with van der Waals surface area (Å²) in [6.45, 7) is 2.45. The number of amides is 1. The van der Waals surface area contributed by atoms with Crippen molar-refractivity contribution in [2.75, 3.05) is 13.7 Å². The molecule has 2 rings (SSSR count). The third-order valence-corrected chi connectivity index (χ3v) is 3.35. The van der Waals surface area contributed by atoms with Crippen LogP contribution in [0.4, 0.5) is 0 Å². The lowest BCUT2D eigenvalue weighted by molar-refractivity contribution is 0.0682. The van der Waals surface area contributed by atoms with Crippen molar-refractivity contribution in [2.24, 2.45) is 0 Å². The van der Waals surface area contributed by atoms with Crippen LogP contribution in [0.15, 0.2) is 42.7 Å². The number of likely N-dealkylation sites (N-methyl/N-ethyl adjacent to an activating group) is 1. The largest absolute Gasteiger partial charge is 0.394 e. The standard InChI is InChI=1S/C15H19N3O2/c1-12(11-19)17(2)15(20)14-6-4-13(5-7-14)10-18-9-3-8-16-18/h3-9,12,19H,10-11H2,1-2H3. The van der Waals surface area contributed by atoms with Gasteiger partial charge in [-0.1, -0.05) is 12.1 Å². The maximum Gasteiger partial charge on any atom is 0.253 e. The number of nitrogens with zero attached hydrogens (tertiary/aromatic N) is 3. The number of aliphatic hydroxyl groups excluding tert-OH is 1. The van der Waals surface area contributed by atoms with Crippen molar-refractivity contribution in [3.05, 3.63) is 53.9 Å². The average Bonchev–Trinajstić information content (AvgIpc) is 2.98. The molecule has 1 heterocycles. The highest BCUT2D eigenvalue weighted by molar-refractivity contribution is 5.94. The highest BCUT2D eigenvalue weighted by Gasteiger charge is 2.16. The Balaban J connectivity index is 2.06. The second-order valence-electron chi connectivity index (χ2n) is 4.85. The van der Waals surface area contributed by atoms with Crippen LogP contribution in [0.3, 0.4) is 0 Å². The first-order chi connectivity index (χ1) is 9.61. The number of rotatable bonds is 5. The van der Waals surface area contributed by atoms with Crippen LogP contribution in [0.2, 0.25) is 0 Å². The molecule has 2 aromatic rings. The SMILES string of the molecule is CC(CO)N(C)C(=O)c1ccc(Cn2cccn2)cc1. The Bertz CT molecular complexity index is 549. The van der Waals surface area contributed by atoms with Crippen LogP contribution < -0.4 is 0 Å². The van der Waals surface area contributed by atoms with E-state index in [2.05, 4.69) is 5.10 Å². The fourth-order valence-electron chi connectivity index (χ4n) is 1.86. The topological polar surface area (TPSA) is 58.4 Å². The third kappa shape index (κ3) is 3.24. The molecular formula is C15H19N3O2. The van der Waals surface area contributed by atoms with E-state index < -0.39 is 0 Å². The lowest BCUT2D eigenvalue weighted by Crippen LogP contribution is -2.37. The molecule has 0 bridgehead atoms. The second-order valence-corrected chi connectivity index (χ2v) is 4.85. The summed E-state index contributed by atoms with van der Waals surface area (Å²) < 4.78 is 1.83. The van der Waals surface area contributed by atoms with Crippen molar-refractivity contribution in [3.8, 4) is 0 Å². The molecule has 5 heteroatoms. The number of aromatic nitrogens is 2. The van der Waals surface area contributed by atoms with Gasteiger partial charge >= 0.3 is 0 Å². The molecule has 1 aromatic carbocycles. The molecule has 106 valence electrons. The predicted octanol–water partition coefficient (Wildman–Crippen LogP) is 1.38. The van der Waals surface area contributed by atoms with Crippen LogP contribution in [-0.4, -0.2) is 45.4 Å². The zero-order chi connectivity index (χ0) is 14.5. The Morgan fingerprint density at radius 1 is 1.40 bits per heavy atom. The van der Waals surface area contributed by atoms with Crippen LogP contribution in [0.25, 0.3) is 0 Å². The van der Waals surface area contributed by atoms with E-state index in [0.717, 1.165) is 5.56 Å². The van der Waals surface area contributed by atoms with Gasteiger partial charge in [0.2, 0.25) is 0 Å². The number of hydrogen-bond donors (Lipinski definition) is 1. The minimum Gasteiger partial charge on any atom is -0.394 e. The molecule has 0 aliphatic carbocycles. The zero-order valence-electron chi connectivity index (χ0n) is 11.7. The van der Waals surface area contributed by atoms with E-state index in [1.165, 1.54) is 0 Å². The number of aliphatic hydroxyl groups is 1. The van der Waals surface area contributed by atoms with Crippen molar-refractivity contribution in [2.45, 2.75) is 19.5 Å². The number of benzene rings is 1. The molecule has 0 aliphatic heterocycles. The molecule has 1 amide bonds. The van der Waals surface area contributed by atoms with Gasteiger partial charge in [-0.25, -0.2) is 0 Å². The van der Waals surface area contributed by atoms with Gasteiger partial charge in [0.15, 0.2) is 0 Å². The highest BCUT2D eigenvalue weighted by Crippen LogP contribution is 2.10. The van der Waals surface area contributed by atoms with Gasteiger partial charge in [-0.05, 0) is 30.7 Å². The van der Waals surface area contributed by atoms with E-state index in [0.29, 0.717) is 12.1 Å². The van der Waals surface area contributed by atoms with E-state index in [1.807, 2.05) is 48.1 Å². The molecule has 0 saturated heterocycles. The van der Waals surface area contributed by atoms with E-state index in [-0.39, 0.29) is 18.6 Å². The van der Waals surface area contributed by atoms with E-state index >= 15 is 0 Å². The first kappa shape index (κ1) is 14.3. The van der Waals surface area contributed by atoms with Crippen LogP contribution in [0.1, 0.15) is 22.8 Å². The monoisotopic (exact) mass is 273 g/mol. The van der Waals surface area contributed by atoms with Gasteiger partial charge in [-0.3, -0.25) is 9.48 Å². The fraction of sp³-hybridized carbons (Fsp3) is 0.333.